The van der Waals surface area contributed by atoms with E-state index < -0.39 is 17.8 Å². The van der Waals surface area contributed by atoms with Crippen molar-refractivity contribution in [2.75, 3.05) is 0 Å². The monoisotopic (exact) mass is 248 g/mol. The smallest absolute Gasteiger partial charge is 0.229 e. The fraction of sp³-hybridized carbons (Fsp3) is 0.600. The highest BCUT2D eigenvalue weighted by Crippen LogP contribution is 2.32. The molecule has 0 spiro atoms. The van der Waals surface area contributed by atoms with Crippen molar-refractivity contribution >= 4 is 17.4 Å². The Labute approximate surface area is 97.5 Å². The number of hydrogen-bond acceptors (Lipinski definition) is 3. The van der Waals surface area contributed by atoms with E-state index in [1.165, 1.54) is 6.07 Å². The van der Waals surface area contributed by atoms with Gasteiger partial charge in [0.2, 0.25) is 0 Å². The van der Waals surface area contributed by atoms with Gasteiger partial charge in [0, 0.05) is 17.6 Å². The van der Waals surface area contributed by atoms with Crippen LogP contribution in [0.5, 0.6) is 0 Å². The van der Waals surface area contributed by atoms with Crippen LogP contribution in [-0.2, 0) is 0 Å². The Bertz CT molecular complexity index is 359. The first-order chi connectivity index (χ1) is 7.36. The van der Waals surface area contributed by atoms with Crippen LogP contribution in [-0.4, -0.2) is 17.4 Å². The van der Waals surface area contributed by atoms with Crippen LogP contribution in [0.15, 0.2) is 16.1 Å². The standard InChI is InChI=1S/C10H11F3N2S/c1-3-8(15-6-16)4-9(7(2)5-14)10(11,12)13/h8H,3-4H2,1-2H3/b9-7-. The molecule has 16 heavy (non-hydrogen) atoms. The highest BCUT2D eigenvalue weighted by atomic mass is 32.1. The molecule has 0 aliphatic rings. The number of hydrogen-bond donors (Lipinski definition) is 0. The molecule has 0 heterocycles. The summed E-state index contributed by atoms with van der Waals surface area (Å²) in [6.45, 7) is 2.85. The zero-order valence-corrected chi connectivity index (χ0v) is 9.74. The van der Waals surface area contributed by atoms with E-state index in [9.17, 15) is 13.2 Å². The van der Waals surface area contributed by atoms with Gasteiger partial charge in [-0.05, 0) is 25.6 Å². The number of nitrogens with zero attached hydrogens (tertiary/aromatic N) is 2. The van der Waals surface area contributed by atoms with E-state index in [2.05, 4.69) is 22.4 Å². The summed E-state index contributed by atoms with van der Waals surface area (Å²) in [6.07, 6.45) is -4.41. The minimum atomic E-state index is -4.50. The molecule has 0 aromatic carbocycles. The van der Waals surface area contributed by atoms with Crippen LogP contribution in [0, 0.1) is 11.3 Å². The number of rotatable bonds is 4. The summed E-state index contributed by atoms with van der Waals surface area (Å²) in [7, 11) is 0. The lowest BCUT2D eigenvalue weighted by atomic mass is 10.00. The molecule has 0 aliphatic heterocycles. The third-order valence-corrected chi connectivity index (χ3v) is 2.21. The van der Waals surface area contributed by atoms with E-state index in [1.54, 1.807) is 6.92 Å². The van der Waals surface area contributed by atoms with E-state index in [-0.39, 0.29) is 12.0 Å². The first-order valence-electron chi connectivity index (χ1n) is 4.60. The van der Waals surface area contributed by atoms with Gasteiger partial charge in [0.25, 0.3) is 0 Å². The van der Waals surface area contributed by atoms with Crippen molar-refractivity contribution < 1.29 is 13.2 Å². The third kappa shape index (κ3) is 4.56. The Hall–Kier alpha value is -1.18. The number of nitriles is 1. The molecule has 88 valence electrons. The zero-order chi connectivity index (χ0) is 12.8. The number of allylic oxidation sites excluding steroid dienone is 1. The van der Waals surface area contributed by atoms with Crippen molar-refractivity contribution in [1.29, 1.82) is 5.26 Å². The minimum absolute atomic E-state index is 0.328. The minimum Gasteiger partial charge on any atom is -0.229 e. The summed E-state index contributed by atoms with van der Waals surface area (Å²) in [4.78, 5) is 3.63. The highest BCUT2D eigenvalue weighted by Gasteiger charge is 2.36. The van der Waals surface area contributed by atoms with Crippen LogP contribution < -0.4 is 0 Å². The summed E-state index contributed by atoms with van der Waals surface area (Å²) in [5.41, 5.74) is -1.17. The predicted molar refractivity (Wildman–Crippen MR) is 58.1 cm³/mol. The second-order valence-corrected chi connectivity index (χ2v) is 3.38. The van der Waals surface area contributed by atoms with Gasteiger partial charge in [-0.3, -0.25) is 0 Å². The summed E-state index contributed by atoms with van der Waals surface area (Å²) in [5, 5.41) is 10.6. The van der Waals surface area contributed by atoms with Gasteiger partial charge >= 0.3 is 6.18 Å². The normalized spacial score (nSPS) is 14.5. The lowest BCUT2D eigenvalue weighted by Gasteiger charge is -2.15. The highest BCUT2D eigenvalue weighted by molar-refractivity contribution is 7.78. The first kappa shape index (κ1) is 14.8. The maximum absolute atomic E-state index is 12.6. The average molecular weight is 248 g/mol. The van der Waals surface area contributed by atoms with Crippen LogP contribution in [0.1, 0.15) is 26.7 Å². The fourth-order valence-electron chi connectivity index (χ4n) is 1.14. The Morgan fingerprint density at radius 1 is 1.50 bits per heavy atom. The summed E-state index contributed by atoms with van der Waals surface area (Å²) in [6, 6.07) is 0.943. The molecule has 0 rings (SSSR count). The number of isothiocyanates is 1. The number of halogens is 3. The molecular weight excluding hydrogens is 237 g/mol. The molecular formula is C10H11F3N2S. The van der Waals surface area contributed by atoms with Crippen LogP contribution in [0.25, 0.3) is 0 Å². The Balaban J connectivity index is 5.13. The van der Waals surface area contributed by atoms with Crippen molar-refractivity contribution in [3.63, 3.8) is 0 Å². The fourth-order valence-corrected chi connectivity index (χ4v) is 1.29. The van der Waals surface area contributed by atoms with Gasteiger partial charge in [0.05, 0.1) is 17.3 Å². The molecule has 1 unspecified atom stereocenters. The largest absolute Gasteiger partial charge is 0.413 e. The van der Waals surface area contributed by atoms with Gasteiger partial charge in [-0.2, -0.15) is 18.4 Å². The van der Waals surface area contributed by atoms with Crippen LogP contribution in [0.3, 0.4) is 0 Å². The van der Waals surface area contributed by atoms with Gasteiger partial charge in [-0.15, -0.1) is 0 Å². The third-order valence-electron chi connectivity index (χ3n) is 2.11. The molecule has 0 aliphatic carbocycles. The van der Waals surface area contributed by atoms with E-state index in [0.29, 0.717) is 6.42 Å². The molecule has 6 heteroatoms. The van der Waals surface area contributed by atoms with Crippen molar-refractivity contribution in [3.05, 3.63) is 11.1 Å². The molecule has 0 aromatic rings. The lowest BCUT2D eigenvalue weighted by molar-refractivity contribution is -0.0951. The molecule has 0 bridgehead atoms. The molecule has 0 amide bonds. The van der Waals surface area contributed by atoms with E-state index >= 15 is 0 Å². The maximum atomic E-state index is 12.6. The van der Waals surface area contributed by atoms with E-state index in [0.717, 1.165) is 6.92 Å². The van der Waals surface area contributed by atoms with Crippen LogP contribution in [0.4, 0.5) is 13.2 Å². The van der Waals surface area contributed by atoms with Gasteiger partial charge < -0.3 is 0 Å². The molecule has 2 nitrogen and oxygen atoms in total. The molecule has 0 saturated carbocycles. The summed E-state index contributed by atoms with van der Waals surface area (Å²) < 4.78 is 37.8. The number of alkyl halides is 3. The van der Waals surface area contributed by atoms with Gasteiger partial charge in [-0.25, -0.2) is 4.99 Å². The number of thiocarbonyl (C=S) groups is 1. The first-order valence-corrected chi connectivity index (χ1v) is 5.01. The SMILES string of the molecule is CCC(C/C(=C(\C)C#N)C(F)(F)F)N=C=S. The zero-order valence-electron chi connectivity index (χ0n) is 8.93. The Kier molecular flexibility index (Phi) is 5.94. The molecule has 0 aromatic heterocycles. The molecule has 0 radical (unpaired) electrons. The quantitative estimate of drug-likeness (QED) is 0.432. The van der Waals surface area contributed by atoms with E-state index in [4.69, 9.17) is 5.26 Å². The second kappa shape index (κ2) is 6.41. The van der Waals surface area contributed by atoms with Gasteiger partial charge in [-0.1, -0.05) is 6.92 Å². The second-order valence-electron chi connectivity index (χ2n) is 3.20. The predicted octanol–water partition coefficient (Wildman–Crippen LogP) is 3.66. The molecule has 0 N–H and O–H groups in total. The lowest BCUT2D eigenvalue weighted by Crippen LogP contribution is -2.18. The van der Waals surface area contributed by atoms with Crippen molar-refractivity contribution in [2.45, 2.75) is 38.9 Å². The topological polar surface area (TPSA) is 36.1 Å². The summed E-state index contributed by atoms with van der Waals surface area (Å²) in [5.74, 6) is 0. The molecule has 0 saturated heterocycles. The number of aliphatic imine (C=N–C) groups is 1. The van der Waals surface area contributed by atoms with Gasteiger partial charge in [0.1, 0.15) is 0 Å². The van der Waals surface area contributed by atoms with E-state index in [1.807, 2.05) is 0 Å². The Morgan fingerprint density at radius 2 is 2.06 bits per heavy atom. The van der Waals surface area contributed by atoms with Crippen molar-refractivity contribution in [3.8, 4) is 6.07 Å². The van der Waals surface area contributed by atoms with Crippen LogP contribution in [0.2, 0.25) is 0 Å². The van der Waals surface area contributed by atoms with Crippen molar-refractivity contribution in [1.82, 2.24) is 0 Å². The average Bonchev–Trinajstić information content (AvgIpc) is 2.21. The Morgan fingerprint density at radius 3 is 2.38 bits per heavy atom. The van der Waals surface area contributed by atoms with Gasteiger partial charge in [0.15, 0.2) is 0 Å². The maximum Gasteiger partial charge on any atom is 0.413 e. The van der Waals surface area contributed by atoms with Crippen LogP contribution >= 0.6 is 12.2 Å². The summed E-state index contributed by atoms with van der Waals surface area (Å²) >= 11 is 4.36. The molecule has 0 fully saturated rings. The van der Waals surface area contributed by atoms with Crippen molar-refractivity contribution in [2.24, 2.45) is 4.99 Å². The molecule has 1 atom stereocenters.